The van der Waals surface area contributed by atoms with Crippen molar-refractivity contribution in [3.05, 3.63) is 53.1 Å². The van der Waals surface area contributed by atoms with Gasteiger partial charge in [0, 0.05) is 5.38 Å². The van der Waals surface area contributed by atoms with Crippen LogP contribution < -0.4 is 5.43 Å². The molecule has 1 heterocycles. The van der Waals surface area contributed by atoms with Crippen LogP contribution in [0.3, 0.4) is 0 Å². The predicted molar refractivity (Wildman–Crippen MR) is 95.7 cm³/mol. The van der Waals surface area contributed by atoms with Crippen LogP contribution in [0.4, 0.5) is 5.13 Å². The number of hydrazone groups is 1. The molecule has 24 heavy (non-hydrogen) atoms. The molecule has 0 unspecified atom stereocenters. The molecule has 0 saturated carbocycles. The first-order valence-electron chi connectivity index (χ1n) is 7.44. The maximum atomic E-state index is 11.4. The summed E-state index contributed by atoms with van der Waals surface area (Å²) < 4.78 is 4.88. The average Bonchev–Trinajstić information content (AvgIpc) is 2.98. The molecule has 6 nitrogen and oxygen atoms in total. The Hall–Kier alpha value is -2.67. The van der Waals surface area contributed by atoms with E-state index in [9.17, 15) is 9.90 Å². The minimum absolute atomic E-state index is 0.151. The van der Waals surface area contributed by atoms with Gasteiger partial charge < -0.3 is 9.84 Å². The van der Waals surface area contributed by atoms with E-state index in [1.54, 1.807) is 36.7 Å². The first-order chi connectivity index (χ1) is 11.6. The van der Waals surface area contributed by atoms with Gasteiger partial charge in [-0.2, -0.15) is 5.10 Å². The monoisotopic (exact) mass is 345 g/mol. The highest BCUT2D eigenvalue weighted by atomic mass is 32.1. The number of ether oxygens (including phenoxy) is 1. The van der Waals surface area contributed by atoms with Crippen LogP contribution in [0, 0.1) is 0 Å². The Balaban J connectivity index is 1.94. The number of carbonyl (C=O) groups is 1. The summed E-state index contributed by atoms with van der Waals surface area (Å²) in [6.07, 6.45) is 4.11. The number of thiazole rings is 1. The summed E-state index contributed by atoms with van der Waals surface area (Å²) in [5, 5.41) is 16.2. The number of nitrogens with one attached hydrogen (secondary N) is 1. The third-order valence-corrected chi connectivity index (χ3v) is 3.82. The summed E-state index contributed by atoms with van der Waals surface area (Å²) in [6, 6.07) is 5.23. The number of benzene rings is 1. The zero-order chi connectivity index (χ0) is 17.4. The van der Waals surface area contributed by atoms with Crippen molar-refractivity contribution >= 4 is 28.7 Å². The van der Waals surface area contributed by atoms with Crippen molar-refractivity contribution in [2.45, 2.75) is 19.8 Å². The number of hydrogen-bond acceptors (Lipinski definition) is 7. The zero-order valence-electron chi connectivity index (χ0n) is 13.4. The number of anilines is 1. The Labute approximate surface area is 144 Å². The second-order valence-corrected chi connectivity index (χ2v) is 5.73. The number of hydrogen-bond donors (Lipinski definition) is 2. The number of esters is 1. The first kappa shape index (κ1) is 17.7. The molecule has 0 atom stereocenters. The largest absolute Gasteiger partial charge is 0.508 e. The maximum Gasteiger partial charge on any atom is 0.311 e. The molecular weight excluding hydrogens is 326 g/mol. The van der Waals surface area contributed by atoms with Gasteiger partial charge in [0.15, 0.2) is 0 Å². The van der Waals surface area contributed by atoms with Crippen molar-refractivity contribution in [2.75, 3.05) is 12.0 Å². The number of rotatable bonds is 8. The smallest absolute Gasteiger partial charge is 0.311 e. The molecule has 0 fully saturated rings. The number of nitrogens with zero attached hydrogens (tertiary/aromatic N) is 2. The van der Waals surface area contributed by atoms with Crippen LogP contribution >= 0.6 is 11.3 Å². The minimum atomic E-state index is -0.295. The Morgan fingerprint density at radius 1 is 1.54 bits per heavy atom. The van der Waals surface area contributed by atoms with Crippen LogP contribution in [0.5, 0.6) is 5.75 Å². The quantitative estimate of drug-likeness (QED) is 0.332. The van der Waals surface area contributed by atoms with Gasteiger partial charge in [0.2, 0.25) is 5.13 Å². The Bertz CT molecular complexity index is 740. The van der Waals surface area contributed by atoms with Crippen molar-refractivity contribution in [3.63, 3.8) is 0 Å². The predicted octanol–water partition coefficient (Wildman–Crippen LogP) is 3.13. The number of allylic oxidation sites excluding steroid dienone is 1. The summed E-state index contributed by atoms with van der Waals surface area (Å²) in [7, 11) is 0. The van der Waals surface area contributed by atoms with Gasteiger partial charge in [-0.1, -0.05) is 6.08 Å². The third kappa shape index (κ3) is 5.20. The van der Waals surface area contributed by atoms with Crippen LogP contribution in [0.15, 0.2) is 41.3 Å². The molecular formula is C17H19N3O3S. The molecule has 1 aromatic carbocycles. The highest BCUT2D eigenvalue weighted by molar-refractivity contribution is 7.13. The van der Waals surface area contributed by atoms with Crippen molar-refractivity contribution < 1.29 is 14.6 Å². The van der Waals surface area contributed by atoms with Crippen LogP contribution in [0.2, 0.25) is 0 Å². The summed E-state index contributed by atoms with van der Waals surface area (Å²) in [5.41, 5.74) is 5.11. The van der Waals surface area contributed by atoms with Crippen molar-refractivity contribution in [2.24, 2.45) is 5.10 Å². The van der Waals surface area contributed by atoms with E-state index in [1.165, 1.54) is 11.3 Å². The summed E-state index contributed by atoms with van der Waals surface area (Å²) in [5.74, 6) is -0.0553. The van der Waals surface area contributed by atoms with Crippen molar-refractivity contribution in [1.29, 1.82) is 0 Å². The van der Waals surface area contributed by atoms with Crippen LogP contribution in [0.25, 0.3) is 0 Å². The second kappa shape index (κ2) is 8.83. The molecule has 1 aromatic heterocycles. The lowest BCUT2D eigenvalue weighted by molar-refractivity contribution is -0.142. The number of carbonyl (C=O) groups excluding carboxylic acids is 1. The van der Waals surface area contributed by atoms with E-state index in [0.717, 1.165) is 11.1 Å². The van der Waals surface area contributed by atoms with Gasteiger partial charge in [0.25, 0.3) is 0 Å². The molecule has 0 radical (unpaired) electrons. The Morgan fingerprint density at radius 2 is 2.38 bits per heavy atom. The molecule has 7 heteroatoms. The van der Waals surface area contributed by atoms with E-state index >= 15 is 0 Å². The standard InChI is InChI=1S/C17H19N3O3S/c1-3-5-13-8-12(6-7-15(13)21)10-18-20-17-19-14(11-24-17)9-16(22)23-4-2/h3,6-8,10-11,21H,1,4-5,9H2,2H3,(H,19,20). The maximum absolute atomic E-state index is 11.4. The van der Waals surface area contributed by atoms with Gasteiger partial charge in [-0.15, -0.1) is 17.9 Å². The highest BCUT2D eigenvalue weighted by Gasteiger charge is 2.07. The fraction of sp³-hybridized carbons (Fsp3) is 0.235. The third-order valence-electron chi connectivity index (χ3n) is 3.02. The van der Waals surface area contributed by atoms with E-state index in [1.807, 2.05) is 6.07 Å². The van der Waals surface area contributed by atoms with Gasteiger partial charge in [0.05, 0.1) is 24.9 Å². The van der Waals surface area contributed by atoms with Crippen molar-refractivity contribution in [1.82, 2.24) is 4.98 Å². The molecule has 2 aromatic rings. The number of aromatic nitrogens is 1. The molecule has 0 amide bonds. The van der Waals surface area contributed by atoms with Gasteiger partial charge >= 0.3 is 5.97 Å². The zero-order valence-corrected chi connectivity index (χ0v) is 14.2. The van der Waals surface area contributed by atoms with E-state index < -0.39 is 0 Å². The average molecular weight is 345 g/mol. The van der Waals surface area contributed by atoms with Gasteiger partial charge in [-0.25, -0.2) is 4.98 Å². The topological polar surface area (TPSA) is 83.8 Å². The van der Waals surface area contributed by atoms with E-state index in [0.29, 0.717) is 23.9 Å². The van der Waals surface area contributed by atoms with Gasteiger partial charge in [-0.3, -0.25) is 10.2 Å². The van der Waals surface area contributed by atoms with Crippen molar-refractivity contribution in [3.8, 4) is 5.75 Å². The number of phenolic OH excluding ortho intramolecular Hbond substituents is 1. The number of phenols is 1. The molecule has 2 rings (SSSR count). The van der Waals surface area contributed by atoms with Crippen LogP contribution in [-0.4, -0.2) is 28.9 Å². The van der Waals surface area contributed by atoms with E-state index in [4.69, 9.17) is 4.74 Å². The van der Waals surface area contributed by atoms with Crippen LogP contribution in [-0.2, 0) is 22.4 Å². The highest BCUT2D eigenvalue weighted by Crippen LogP contribution is 2.19. The Morgan fingerprint density at radius 3 is 3.12 bits per heavy atom. The number of aromatic hydroxyl groups is 1. The SMILES string of the molecule is C=CCc1cc(C=NNc2nc(CC(=O)OCC)cs2)ccc1O. The molecule has 0 saturated heterocycles. The van der Waals surface area contributed by atoms with Crippen LogP contribution in [0.1, 0.15) is 23.7 Å². The lowest BCUT2D eigenvalue weighted by Crippen LogP contribution is -2.07. The summed E-state index contributed by atoms with van der Waals surface area (Å²) >= 11 is 1.36. The molecule has 2 N–H and O–H groups in total. The lowest BCUT2D eigenvalue weighted by atomic mass is 10.1. The molecule has 0 bridgehead atoms. The Kier molecular flexibility index (Phi) is 6.51. The van der Waals surface area contributed by atoms with Gasteiger partial charge in [-0.05, 0) is 42.7 Å². The molecule has 126 valence electrons. The fourth-order valence-corrected chi connectivity index (χ4v) is 2.63. The normalized spacial score (nSPS) is 10.7. The van der Waals surface area contributed by atoms with Gasteiger partial charge in [0.1, 0.15) is 5.75 Å². The molecule has 0 spiro atoms. The lowest BCUT2D eigenvalue weighted by Gasteiger charge is -2.02. The second-order valence-electron chi connectivity index (χ2n) is 4.88. The van der Waals surface area contributed by atoms with E-state index in [2.05, 4.69) is 22.1 Å². The summed E-state index contributed by atoms with van der Waals surface area (Å²) in [4.78, 5) is 15.7. The first-order valence-corrected chi connectivity index (χ1v) is 8.32. The molecule has 0 aliphatic rings. The van der Waals surface area contributed by atoms with E-state index in [-0.39, 0.29) is 18.1 Å². The minimum Gasteiger partial charge on any atom is -0.508 e. The summed E-state index contributed by atoms with van der Waals surface area (Å²) in [6.45, 7) is 5.79. The fourth-order valence-electron chi connectivity index (χ4n) is 1.97. The molecule has 0 aliphatic carbocycles. The molecule has 0 aliphatic heterocycles.